The van der Waals surface area contributed by atoms with Crippen molar-refractivity contribution in [1.29, 1.82) is 0 Å². The molecule has 7 nitrogen and oxygen atoms in total. The van der Waals surface area contributed by atoms with Crippen LogP contribution in [0.2, 0.25) is 0 Å². The molecule has 126 valence electrons. The number of carbonyl (C=O) groups is 1. The van der Waals surface area contributed by atoms with Crippen LogP contribution in [0.1, 0.15) is 16.7 Å². The second kappa shape index (κ2) is 6.35. The van der Waals surface area contributed by atoms with Gasteiger partial charge in [-0.05, 0) is 52.6 Å². The van der Waals surface area contributed by atoms with Crippen LogP contribution >= 0.6 is 0 Å². The number of tetrazole rings is 1. The zero-order chi connectivity index (χ0) is 17.2. The Hall–Kier alpha value is -3.22. The molecule has 0 radical (unpaired) electrons. The van der Waals surface area contributed by atoms with Crippen LogP contribution in [-0.2, 0) is 13.0 Å². The Balaban J connectivity index is 1.51. The first-order chi connectivity index (χ1) is 12.2. The van der Waals surface area contributed by atoms with E-state index in [1.165, 1.54) is 17.5 Å². The normalized spacial score (nSPS) is 13.4. The zero-order valence-corrected chi connectivity index (χ0v) is 13.9. The fraction of sp³-hybridized carbons (Fsp3) is 0.222. The number of rotatable bonds is 2. The SMILES string of the molecule is Cc1ccc(NC(=O)N2CCc3ccccc3C2)cc1-n1cnnn1. The average Bonchev–Trinajstić information content (AvgIpc) is 3.17. The lowest BCUT2D eigenvalue weighted by molar-refractivity contribution is 0.206. The molecule has 1 aliphatic heterocycles. The summed E-state index contributed by atoms with van der Waals surface area (Å²) in [6.07, 6.45) is 2.42. The molecule has 1 aromatic heterocycles. The molecule has 2 heterocycles. The van der Waals surface area contributed by atoms with E-state index in [2.05, 4.69) is 33.0 Å². The minimum absolute atomic E-state index is 0.0963. The number of hydrogen-bond acceptors (Lipinski definition) is 4. The molecule has 1 aliphatic rings. The van der Waals surface area contributed by atoms with Crippen LogP contribution in [0.25, 0.3) is 5.69 Å². The monoisotopic (exact) mass is 334 g/mol. The highest BCUT2D eigenvalue weighted by Gasteiger charge is 2.20. The Bertz CT molecular complexity index is 906. The lowest BCUT2D eigenvalue weighted by Gasteiger charge is -2.29. The number of urea groups is 1. The Morgan fingerprint density at radius 3 is 2.80 bits per heavy atom. The summed E-state index contributed by atoms with van der Waals surface area (Å²) >= 11 is 0. The third-order valence-electron chi connectivity index (χ3n) is 4.47. The third kappa shape index (κ3) is 3.08. The van der Waals surface area contributed by atoms with Crippen molar-refractivity contribution in [3.63, 3.8) is 0 Å². The first kappa shape index (κ1) is 15.3. The fourth-order valence-corrected chi connectivity index (χ4v) is 3.08. The van der Waals surface area contributed by atoms with Gasteiger partial charge in [0.25, 0.3) is 0 Å². The van der Waals surface area contributed by atoms with Crippen molar-refractivity contribution in [1.82, 2.24) is 25.1 Å². The summed E-state index contributed by atoms with van der Waals surface area (Å²) in [6.45, 7) is 3.33. The summed E-state index contributed by atoms with van der Waals surface area (Å²) in [4.78, 5) is 14.5. The van der Waals surface area contributed by atoms with Crippen molar-refractivity contribution >= 4 is 11.7 Å². The maximum atomic E-state index is 12.6. The summed E-state index contributed by atoms with van der Waals surface area (Å²) in [7, 11) is 0. The van der Waals surface area contributed by atoms with Gasteiger partial charge in [-0.25, -0.2) is 9.48 Å². The highest BCUT2D eigenvalue weighted by atomic mass is 16.2. The quantitative estimate of drug-likeness (QED) is 0.781. The molecule has 0 aliphatic carbocycles. The molecule has 2 amide bonds. The molecule has 0 spiro atoms. The Morgan fingerprint density at radius 1 is 1.16 bits per heavy atom. The van der Waals surface area contributed by atoms with Gasteiger partial charge in [0, 0.05) is 18.8 Å². The first-order valence-electron chi connectivity index (χ1n) is 8.17. The van der Waals surface area contributed by atoms with Gasteiger partial charge in [-0.2, -0.15) is 0 Å². The van der Waals surface area contributed by atoms with Crippen LogP contribution in [0, 0.1) is 6.92 Å². The van der Waals surface area contributed by atoms with Gasteiger partial charge in [0.05, 0.1) is 5.69 Å². The molecule has 3 aromatic rings. The van der Waals surface area contributed by atoms with Gasteiger partial charge >= 0.3 is 6.03 Å². The van der Waals surface area contributed by atoms with E-state index in [-0.39, 0.29) is 6.03 Å². The molecule has 0 saturated heterocycles. The van der Waals surface area contributed by atoms with Crippen molar-refractivity contribution in [2.45, 2.75) is 19.9 Å². The number of anilines is 1. The van der Waals surface area contributed by atoms with Crippen LogP contribution in [0.3, 0.4) is 0 Å². The maximum absolute atomic E-state index is 12.6. The maximum Gasteiger partial charge on any atom is 0.322 e. The van der Waals surface area contributed by atoms with Gasteiger partial charge in [-0.3, -0.25) is 0 Å². The number of nitrogens with one attached hydrogen (secondary N) is 1. The summed E-state index contributed by atoms with van der Waals surface area (Å²) in [6, 6.07) is 13.9. The minimum Gasteiger partial charge on any atom is -0.320 e. The van der Waals surface area contributed by atoms with Gasteiger partial charge in [0.2, 0.25) is 0 Å². The molecule has 0 atom stereocenters. The van der Waals surface area contributed by atoms with Crippen molar-refractivity contribution in [3.05, 3.63) is 65.5 Å². The number of aromatic nitrogens is 4. The van der Waals surface area contributed by atoms with E-state index < -0.39 is 0 Å². The van der Waals surface area contributed by atoms with E-state index in [4.69, 9.17) is 0 Å². The molecule has 0 unspecified atom stereocenters. The van der Waals surface area contributed by atoms with E-state index >= 15 is 0 Å². The molecular weight excluding hydrogens is 316 g/mol. The van der Waals surface area contributed by atoms with Crippen molar-refractivity contribution in [2.75, 3.05) is 11.9 Å². The molecule has 1 N–H and O–H groups in total. The first-order valence-corrected chi connectivity index (χ1v) is 8.17. The lowest BCUT2D eigenvalue weighted by Crippen LogP contribution is -2.38. The predicted molar refractivity (Wildman–Crippen MR) is 93.5 cm³/mol. The van der Waals surface area contributed by atoms with E-state index in [1.807, 2.05) is 42.2 Å². The van der Waals surface area contributed by atoms with Gasteiger partial charge in [0.15, 0.2) is 0 Å². The zero-order valence-electron chi connectivity index (χ0n) is 13.9. The number of benzene rings is 2. The second-order valence-corrected chi connectivity index (χ2v) is 6.13. The lowest BCUT2D eigenvalue weighted by atomic mass is 10.0. The van der Waals surface area contributed by atoms with Crippen LogP contribution < -0.4 is 5.32 Å². The molecule has 4 rings (SSSR count). The van der Waals surface area contributed by atoms with E-state index in [0.717, 1.165) is 23.4 Å². The van der Waals surface area contributed by atoms with Crippen molar-refractivity contribution < 1.29 is 4.79 Å². The summed E-state index contributed by atoms with van der Waals surface area (Å²) in [5, 5.41) is 14.2. The van der Waals surface area contributed by atoms with Crippen LogP contribution in [0.15, 0.2) is 48.8 Å². The summed E-state index contributed by atoms with van der Waals surface area (Å²) in [5.74, 6) is 0. The molecule has 0 bridgehead atoms. The van der Waals surface area contributed by atoms with E-state index in [1.54, 1.807) is 4.68 Å². The summed E-state index contributed by atoms with van der Waals surface area (Å²) in [5.41, 5.74) is 5.12. The molecule has 7 heteroatoms. The van der Waals surface area contributed by atoms with E-state index in [9.17, 15) is 4.79 Å². The highest BCUT2D eigenvalue weighted by molar-refractivity contribution is 5.90. The van der Waals surface area contributed by atoms with E-state index in [0.29, 0.717) is 13.1 Å². The summed E-state index contributed by atoms with van der Waals surface area (Å²) < 4.78 is 1.59. The molecule has 25 heavy (non-hydrogen) atoms. The third-order valence-corrected chi connectivity index (χ3v) is 4.47. The number of fused-ring (bicyclic) bond motifs is 1. The number of hydrogen-bond donors (Lipinski definition) is 1. The topological polar surface area (TPSA) is 75.9 Å². The predicted octanol–water partition coefficient (Wildman–Crippen LogP) is 2.56. The van der Waals surface area contributed by atoms with Crippen LogP contribution in [0.4, 0.5) is 10.5 Å². The van der Waals surface area contributed by atoms with Crippen molar-refractivity contribution in [2.24, 2.45) is 0 Å². The molecule has 2 aromatic carbocycles. The average molecular weight is 334 g/mol. The smallest absolute Gasteiger partial charge is 0.320 e. The number of aryl methyl sites for hydroxylation is 1. The number of nitrogens with zero attached hydrogens (tertiary/aromatic N) is 5. The Kier molecular flexibility index (Phi) is 3.89. The molecule has 0 fully saturated rings. The molecular formula is C18H18N6O. The highest BCUT2D eigenvalue weighted by Crippen LogP contribution is 2.21. The van der Waals surface area contributed by atoms with Gasteiger partial charge in [-0.15, -0.1) is 5.10 Å². The number of amides is 2. The van der Waals surface area contributed by atoms with Crippen LogP contribution in [-0.4, -0.2) is 37.7 Å². The van der Waals surface area contributed by atoms with Gasteiger partial charge in [-0.1, -0.05) is 30.3 Å². The Labute approximate surface area is 145 Å². The van der Waals surface area contributed by atoms with Crippen LogP contribution in [0.5, 0.6) is 0 Å². The van der Waals surface area contributed by atoms with Crippen molar-refractivity contribution in [3.8, 4) is 5.69 Å². The second-order valence-electron chi connectivity index (χ2n) is 6.13. The minimum atomic E-state index is -0.0963. The van der Waals surface area contributed by atoms with Gasteiger partial charge < -0.3 is 10.2 Å². The molecule has 0 saturated carbocycles. The van der Waals surface area contributed by atoms with Gasteiger partial charge in [0.1, 0.15) is 6.33 Å². The standard InChI is InChI=1S/C18H18N6O/c1-13-6-7-16(10-17(13)24-12-19-21-22-24)20-18(25)23-9-8-14-4-2-3-5-15(14)11-23/h2-7,10,12H,8-9,11H2,1H3,(H,20,25). The fourth-order valence-electron chi connectivity index (χ4n) is 3.08. The largest absolute Gasteiger partial charge is 0.322 e. The Morgan fingerprint density at radius 2 is 2.00 bits per heavy atom. The number of carbonyl (C=O) groups excluding carboxylic acids is 1.